The average molecular weight is 441 g/mol. The van der Waals surface area contributed by atoms with E-state index in [1.807, 2.05) is 31.2 Å². The quantitative estimate of drug-likeness (QED) is 0.167. The van der Waals surface area contributed by atoms with Crippen molar-refractivity contribution < 1.29 is 15.5 Å². The molecule has 1 atom stereocenters. The third-order valence-corrected chi connectivity index (χ3v) is 4.68. The first-order chi connectivity index (χ1) is 15.4. The molecule has 1 aliphatic heterocycles. The van der Waals surface area contributed by atoms with Crippen molar-refractivity contribution in [2.45, 2.75) is 13.0 Å². The van der Waals surface area contributed by atoms with E-state index in [0.29, 0.717) is 24.6 Å². The Morgan fingerprint density at radius 2 is 2.06 bits per heavy atom. The Morgan fingerprint density at radius 3 is 2.66 bits per heavy atom. The summed E-state index contributed by atoms with van der Waals surface area (Å²) >= 11 is 0. The number of aromatic nitrogens is 2. The number of nitrogen functional groups attached to an aromatic ring is 1. The van der Waals surface area contributed by atoms with Crippen molar-refractivity contribution in [1.29, 1.82) is 5.41 Å². The molecule has 3 aromatic rings. The molecule has 1 saturated heterocycles. The number of nitrogens with two attached hydrogens (primary N) is 2. The number of cyclic esters (lactones) is 1. The number of nitrogens with zero attached hydrogens (tertiary/aromatic N) is 3. The van der Waals surface area contributed by atoms with Crippen LogP contribution in [-0.2, 0) is 4.74 Å². The van der Waals surface area contributed by atoms with Crippen LogP contribution in [0.25, 0.3) is 11.1 Å². The first-order valence-corrected chi connectivity index (χ1v) is 9.84. The Labute approximate surface area is 186 Å². The molecule has 0 spiro atoms. The van der Waals surface area contributed by atoms with Gasteiger partial charge in [-0.2, -0.15) is 0 Å². The van der Waals surface area contributed by atoms with Crippen LogP contribution >= 0.6 is 0 Å². The Bertz CT molecular complexity index is 1060. The van der Waals surface area contributed by atoms with Gasteiger partial charge in [-0.25, -0.2) is 4.79 Å². The van der Waals surface area contributed by atoms with Gasteiger partial charge in [0.15, 0.2) is 5.82 Å². The number of carbonyl (C=O) groups excluding carboxylic acids is 1. The summed E-state index contributed by atoms with van der Waals surface area (Å²) in [6.45, 7) is 2.84. The number of ether oxygens (including phenoxy) is 1. The lowest BCUT2D eigenvalue weighted by molar-refractivity contribution is 0.147. The molecule has 3 heterocycles. The van der Waals surface area contributed by atoms with E-state index in [2.05, 4.69) is 26.7 Å². The number of hydrogen-bond acceptors (Lipinski definition) is 9. The van der Waals surface area contributed by atoms with Crippen molar-refractivity contribution >= 4 is 23.4 Å². The van der Waals surface area contributed by atoms with Gasteiger partial charge in [0.2, 0.25) is 0 Å². The number of hydrazine groups is 1. The predicted octanol–water partition coefficient (Wildman–Crippen LogP) is 2.09. The second-order valence-electron chi connectivity index (χ2n) is 7.02. The highest BCUT2D eigenvalue weighted by molar-refractivity contribution is 5.93. The number of rotatable bonds is 6. The number of anilines is 2. The first-order valence-electron chi connectivity index (χ1n) is 9.84. The lowest BCUT2D eigenvalue weighted by Gasteiger charge is -2.17. The maximum absolute atomic E-state index is 12.4. The summed E-state index contributed by atoms with van der Waals surface area (Å²) in [7, 11) is 1.65. The molecule has 0 aliphatic carbocycles. The van der Waals surface area contributed by atoms with Crippen LogP contribution in [0.5, 0.6) is 0 Å². The van der Waals surface area contributed by atoms with E-state index in [1.54, 1.807) is 30.3 Å². The number of aryl methyl sites for hydroxylation is 1. The molecule has 11 nitrogen and oxygen atoms in total. The van der Waals surface area contributed by atoms with Gasteiger partial charge in [0.1, 0.15) is 23.9 Å². The van der Waals surface area contributed by atoms with Crippen molar-refractivity contribution in [3.05, 3.63) is 60.1 Å². The smallest absolute Gasteiger partial charge is 0.414 e. The molecule has 32 heavy (non-hydrogen) atoms. The molecular formula is C21H28N8O3. The highest BCUT2D eigenvalue weighted by Gasteiger charge is 2.33. The summed E-state index contributed by atoms with van der Waals surface area (Å²) < 4.78 is 10.2. The second-order valence-corrected chi connectivity index (χ2v) is 7.02. The average Bonchev–Trinajstić information content (AvgIpc) is 3.42. The monoisotopic (exact) mass is 440 g/mol. The van der Waals surface area contributed by atoms with E-state index in [9.17, 15) is 4.79 Å². The van der Waals surface area contributed by atoms with Gasteiger partial charge in [-0.3, -0.25) is 26.6 Å². The molecule has 4 rings (SSSR count). The van der Waals surface area contributed by atoms with Gasteiger partial charge >= 0.3 is 6.09 Å². The van der Waals surface area contributed by atoms with Crippen LogP contribution in [0.3, 0.4) is 0 Å². The zero-order valence-corrected chi connectivity index (χ0v) is 17.8. The van der Waals surface area contributed by atoms with E-state index >= 15 is 0 Å². The fourth-order valence-corrected chi connectivity index (χ4v) is 3.21. The molecule has 7 N–H and O–H groups in total. The Morgan fingerprint density at radius 1 is 1.31 bits per heavy atom. The number of benzene rings is 1. The number of carbonyl (C=O) groups is 1. The zero-order chi connectivity index (χ0) is 23.1. The van der Waals surface area contributed by atoms with Crippen LogP contribution in [0.4, 0.5) is 16.3 Å². The second kappa shape index (κ2) is 10.4. The van der Waals surface area contributed by atoms with Gasteiger partial charge in [-0.05, 0) is 43.3 Å². The molecule has 0 radical (unpaired) electrons. The van der Waals surface area contributed by atoms with E-state index in [-0.39, 0.29) is 19.5 Å². The van der Waals surface area contributed by atoms with Gasteiger partial charge < -0.3 is 20.3 Å². The van der Waals surface area contributed by atoms with Gasteiger partial charge in [-0.1, -0.05) is 17.3 Å². The zero-order valence-electron chi connectivity index (χ0n) is 17.8. The maximum Gasteiger partial charge on any atom is 0.414 e. The summed E-state index contributed by atoms with van der Waals surface area (Å²) in [5.41, 5.74) is 11.8. The number of hydrogen-bond donors (Lipinski definition) is 5. The van der Waals surface area contributed by atoms with E-state index < -0.39 is 0 Å². The molecule has 1 aliphatic rings. The van der Waals surface area contributed by atoms with Gasteiger partial charge in [0, 0.05) is 19.3 Å². The minimum absolute atomic E-state index is 0. The van der Waals surface area contributed by atoms with Gasteiger partial charge in [-0.15, -0.1) is 0 Å². The van der Waals surface area contributed by atoms with Gasteiger partial charge in [0.05, 0.1) is 18.8 Å². The summed E-state index contributed by atoms with van der Waals surface area (Å²) in [6.07, 6.45) is 2.49. The molecule has 170 valence electrons. The number of amides is 1. The van der Waals surface area contributed by atoms with Crippen LogP contribution < -0.4 is 27.2 Å². The summed E-state index contributed by atoms with van der Waals surface area (Å²) in [6, 6.07) is 11.1. The molecule has 1 fully saturated rings. The largest absolute Gasteiger partial charge is 0.442 e. The minimum Gasteiger partial charge on any atom is -0.442 e. The fourth-order valence-electron chi connectivity index (χ4n) is 3.21. The lowest BCUT2D eigenvalue weighted by atomic mass is 10.0. The van der Waals surface area contributed by atoms with Crippen LogP contribution in [0.1, 0.15) is 12.7 Å². The minimum atomic E-state index is -0.375. The highest BCUT2D eigenvalue weighted by atomic mass is 16.6. The Hall–Kier alpha value is -3.96. The van der Waals surface area contributed by atoms with Crippen LogP contribution in [0.15, 0.2) is 53.4 Å². The molecule has 0 bridgehead atoms. The SMILES string of the molecule is CNN.Cc1cc(-c2ccc(C(=N)N)nc2)ccc1N1CC(CNc2ccon2)OC1=O.[HH]. The van der Waals surface area contributed by atoms with E-state index in [4.69, 9.17) is 20.4 Å². The van der Waals surface area contributed by atoms with Crippen molar-refractivity contribution in [1.82, 2.24) is 15.6 Å². The highest BCUT2D eigenvalue weighted by Crippen LogP contribution is 2.29. The molecule has 0 saturated carbocycles. The number of nitrogens with one attached hydrogen (secondary N) is 3. The third kappa shape index (κ3) is 5.39. The predicted molar refractivity (Wildman–Crippen MR) is 123 cm³/mol. The van der Waals surface area contributed by atoms with Crippen LogP contribution in [-0.4, -0.2) is 48.3 Å². The number of amidine groups is 1. The normalized spacial score (nSPS) is 15.0. The first kappa shape index (κ1) is 22.7. The molecule has 1 aromatic carbocycles. The third-order valence-electron chi connectivity index (χ3n) is 4.68. The van der Waals surface area contributed by atoms with Crippen molar-refractivity contribution in [2.75, 3.05) is 30.4 Å². The lowest BCUT2D eigenvalue weighted by Crippen LogP contribution is -2.27. The van der Waals surface area contributed by atoms with E-state index in [0.717, 1.165) is 22.4 Å². The van der Waals surface area contributed by atoms with Crippen LogP contribution in [0.2, 0.25) is 0 Å². The standard InChI is InChI=1S/C20H20N6O3.CH6N2.H2/c1-12-8-13(14-2-4-16(19(21)22)23-9-14)3-5-17(12)26-11-15(29-20(26)27)10-24-18-6-7-28-25-18;1-3-2;/h2-9,15H,10-11H2,1H3,(H3,21,22)(H,24,25);3H,2H2,1H3;1H. The summed E-state index contributed by atoms with van der Waals surface area (Å²) in [4.78, 5) is 18.2. The molecular weight excluding hydrogens is 412 g/mol. The Kier molecular flexibility index (Phi) is 7.37. The topological polar surface area (TPSA) is 168 Å². The maximum atomic E-state index is 12.4. The molecule has 11 heteroatoms. The molecule has 1 amide bonds. The van der Waals surface area contributed by atoms with Gasteiger partial charge in [0.25, 0.3) is 0 Å². The van der Waals surface area contributed by atoms with Crippen LogP contribution in [0, 0.1) is 12.3 Å². The molecule has 2 aromatic heterocycles. The van der Waals surface area contributed by atoms with E-state index in [1.165, 1.54) is 6.26 Å². The van der Waals surface area contributed by atoms with Crippen molar-refractivity contribution in [3.8, 4) is 11.1 Å². The Balaban J connectivity index is 0.000000914. The van der Waals surface area contributed by atoms with Crippen molar-refractivity contribution in [2.24, 2.45) is 11.6 Å². The summed E-state index contributed by atoms with van der Waals surface area (Å²) in [5, 5.41) is 14.3. The molecule has 1 unspecified atom stereocenters. The fraction of sp³-hybridized carbons (Fsp3) is 0.238. The summed E-state index contributed by atoms with van der Waals surface area (Å²) in [5.74, 6) is 5.13. The number of pyridine rings is 1. The van der Waals surface area contributed by atoms with Crippen molar-refractivity contribution in [3.63, 3.8) is 0 Å².